The molecule has 1 aliphatic rings. The number of hydrogen-bond acceptors (Lipinski definition) is 3. The molecule has 1 saturated heterocycles. The van der Waals surface area contributed by atoms with Crippen molar-refractivity contribution >= 4 is 6.09 Å². The van der Waals surface area contributed by atoms with E-state index in [1.54, 1.807) is 5.01 Å². The monoisotopic (exact) mass is 172 g/mol. The summed E-state index contributed by atoms with van der Waals surface area (Å²) in [6, 6.07) is 0.245. The van der Waals surface area contributed by atoms with E-state index in [0.717, 1.165) is 0 Å². The quantitative estimate of drug-likeness (QED) is 0.679. The molecule has 0 aromatic carbocycles. The van der Waals surface area contributed by atoms with E-state index in [9.17, 15) is 4.79 Å². The van der Waals surface area contributed by atoms with Gasteiger partial charge in [0.2, 0.25) is 0 Å². The van der Waals surface area contributed by atoms with Crippen LogP contribution in [0, 0.1) is 0 Å². The highest BCUT2D eigenvalue weighted by molar-refractivity contribution is 5.70. The number of ether oxygens (including phenoxy) is 1. The summed E-state index contributed by atoms with van der Waals surface area (Å²) >= 11 is 0. The first-order valence-corrected chi connectivity index (χ1v) is 4.16. The standard InChI is InChI=1S/C8H16N2O2/c1-6(2)9-10-7(11)12-5-8(10,3)4/h6,9H,5H2,1-4H3. The average molecular weight is 172 g/mol. The second kappa shape index (κ2) is 2.94. The Morgan fingerprint density at radius 2 is 2.17 bits per heavy atom. The maximum atomic E-state index is 11.2. The summed E-state index contributed by atoms with van der Waals surface area (Å²) in [6.07, 6.45) is -0.284. The van der Waals surface area contributed by atoms with Crippen molar-refractivity contribution in [2.45, 2.75) is 39.3 Å². The average Bonchev–Trinajstić information content (AvgIpc) is 2.15. The highest BCUT2D eigenvalue weighted by Gasteiger charge is 2.40. The summed E-state index contributed by atoms with van der Waals surface area (Å²) < 4.78 is 4.91. The van der Waals surface area contributed by atoms with E-state index < -0.39 is 0 Å². The normalized spacial score (nSPS) is 21.8. The van der Waals surface area contributed by atoms with Crippen molar-refractivity contribution in [1.82, 2.24) is 10.4 Å². The number of cyclic esters (lactones) is 1. The number of nitrogens with zero attached hydrogens (tertiary/aromatic N) is 1. The van der Waals surface area contributed by atoms with Crippen LogP contribution >= 0.6 is 0 Å². The highest BCUT2D eigenvalue weighted by Crippen LogP contribution is 2.20. The first kappa shape index (κ1) is 9.32. The molecule has 4 nitrogen and oxygen atoms in total. The van der Waals surface area contributed by atoms with Crippen LogP contribution in [0.5, 0.6) is 0 Å². The second-order valence-electron chi connectivity index (χ2n) is 3.99. The van der Waals surface area contributed by atoms with Gasteiger partial charge in [-0.3, -0.25) is 0 Å². The van der Waals surface area contributed by atoms with Crippen molar-refractivity contribution in [3.63, 3.8) is 0 Å². The number of carbonyl (C=O) groups is 1. The molecule has 1 rings (SSSR count). The Bertz CT molecular complexity index is 189. The predicted molar refractivity (Wildman–Crippen MR) is 45.5 cm³/mol. The van der Waals surface area contributed by atoms with Crippen LogP contribution in [0.15, 0.2) is 0 Å². The molecule has 0 unspecified atom stereocenters. The van der Waals surface area contributed by atoms with Gasteiger partial charge in [0.1, 0.15) is 6.61 Å². The van der Waals surface area contributed by atoms with Crippen molar-refractivity contribution in [1.29, 1.82) is 0 Å². The molecule has 0 aromatic rings. The van der Waals surface area contributed by atoms with Gasteiger partial charge in [-0.15, -0.1) is 0 Å². The van der Waals surface area contributed by atoms with Crippen molar-refractivity contribution in [3.05, 3.63) is 0 Å². The van der Waals surface area contributed by atoms with Crippen LogP contribution in [0.1, 0.15) is 27.7 Å². The molecule has 1 aliphatic heterocycles. The molecule has 0 spiro atoms. The number of carbonyl (C=O) groups excluding carboxylic acids is 1. The summed E-state index contributed by atoms with van der Waals surface area (Å²) in [5.74, 6) is 0. The molecular weight excluding hydrogens is 156 g/mol. The minimum atomic E-state index is -0.284. The Morgan fingerprint density at radius 3 is 2.50 bits per heavy atom. The first-order chi connectivity index (χ1) is 5.43. The molecular formula is C8H16N2O2. The van der Waals surface area contributed by atoms with Gasteiger partial charge < -0.3 is 4.74 Å². The molecule has 0 bridgehead atoms. The van der Waals surface area contributed by atoms with Gasteiger partial charge >= 0.3 is 6.09 Å². The number of hydrazine groups is 1. The van der Waals surface area contributed by atoms with Crippen LogP contribution in [-0.2, 0) is 4.74 Å². The van der Waals surface area contributed by atoms with Crippen molar-refractivity contribution in [2.75, 3.05) is 6.61 Å². The zero-order valence-electron chi connectivity index (χ0n) is 8.05. The van der Waals surface area contributed by atoms with Crippen LogP contribution in [0.3, 0.4) is 0 Å². The van der Waals surface area contributed by atoms with Gasteiger partial charge in [-0.1, -0.05) is 0 Å². The summed E-state index contributed by atoms with van der Waals surface area (Å²) in [5, 5.41) is 1.55. The molecule has 1 N–H and O–H groups in total. The minimum Gasteiger partial charge on any atom is -0.446 e. The Kier molecular flexibility index (Phi) is 2.28. The SMILES string of the molecule is CC(C)NN1C(=O)OCC1(C)C. The van der Waals surface area contributed by atoms with Crippen LogP contribution in [0.25, 0.3) is 0 Å². The molecule has 1 amide bonds. The molecule has 0 saturated carbocycles. The van der Waals surface area contributed by atoms with Gasteiger partial charge in [0, 0.05) is 6.04 Å². The number of rotatable bonds is 2. The van der Waals surface area contributed by atoms with Crippen LogP contribution in [0.2, 0.25) is 0 Å². The van der Waals surface area contributed by atoms with Crippen molar-refractivity contribution < 1.29 is 9.53 Å². The zero-order chi connectivity index (χ0) is 9.35. The van der Waals surface area contributed by atoms with Gasteiger partial charge in [0.05, 0.1) is 5.54 Å². The smallest absolute Gasteiger partial charge is 0.424 e. The van der Waals surface area contributed by atoms with Gasteiger partial charge in [-0.05, 0) is 27.7 Å². The topological polar surface area (TPSA) is 41.6 Å². The fourth-order valence-corrected chi connectivity index (χ4v) is 1.10. The minimum absolute atomic E-state index is 0.235. The Balaban J connectivity index is 2.65. The first-order valence-electron chi connectivity index (χ1n) is 4.16. The van der Waals surface area contributed by atoms with E-state index in [-0.39, 0.29) is 17.7 Å². The number of nitrogens with one attached hydrogen (secondary N) is 1. The van der Waals surface area contributed by atoms with Crippen LogP contribution in [0.4, 0.5) is 4.79 Å². The van der Waals surface area contributed by atoms with Crippen LogP contribution < -0.4 is 5.43 Å². The van der Waals surface area contributed by atoms with Gasteiger partial charge in [0.25, 0.3) is 0 Å². The molecule has 1 heterocycles. The molecule has 0 aromatic heterocycles. The largest absolute Gasteiger partial charge is 0.446 e. The number of hydrogen-bond donors (Lipinski definition) is 1. The molecule has 0 radical (unpaired) electrons. The van der Waals surface area contributed by atoms with E-state index >= 15 is 0 Å². The molecule has 70 valence electrons. The van der Waals surface area contributed by atoms with E-state index in [4.69, 9.17) is 4.74 Å². The highest BCUT2D eigenvalue weighted by atomic mass is 16.6. The van der Waals surface area contributed by atoms with E-state index in [1.807, 2.05) is 27.7 Å². The molecule has 12 heavy (non-hydrogen) atoms. The Hall–Kier alpha value is -0.770. The maximum Gasteiger partial charge on any atom is 0.424 e. The Labute approximate surface area is 72.8 Å². The lowest BCUT2D eigenvalue weighted by molar-refractivity contribution is 0.115. The van der Waals surface area contributed by atoms with E-state index in [0.29, 0.717) is 6.61 Å². The van der Waals surface area contributed by atoms with E-state index in [2.05, 4.69) is 5.43 Å². The summed E-state index contributed by atoms with van der Waals surface area (Å²) in [7, 11) is 0. The van der Waals surface area contributed by atoms with Crippen LogP contribution in [-0.4, -0.2) is 29.3 Å². The summed E-state index contributed by atoms with van der Waals surface area (Å²) in [4.78, 5) is 11.2. The fraction of sp³-hybridized carbons (Fsp3) is 0.875. The third kappa shape index (κ3) is 1.69. The third-order valence-corrected chi connectivity index (χ3v) is 1.72. The lowest BCUT2D eigenvalue weighted by Crippen LogP contribution is -2.53. The summed E-state index contributed by atoms with van der Waals surface area (Å²) in [5.41, 5.74) is 2.81. The molecule has 0 atom stereocenters. The fourth-order valence-electron chi connectivity index (χ4n) is 1.10. The van der Waals surface area contributed by atoms with Gasteiger partial charge in [-0.25, -0.2) is 15.2 Å². The number of amides is 1. The molecule has 0 aliphatic carbocycles. The zero-order valence-corrected chi connectivity index (χ0v) is 8.05. The lowest BCUT2D eigenvalue weighted by atomic mass is 10.1. The molecule has 1 fully saturated rings. The molecule has 4 heteroatoms. The van der Waals surface area contributed by atoms with Crippen molar-refractivity contribution in [2.24, 2.45) is 0 Å². The Morgan fingerprint density at radius 1 is 1.58 bits per heavy atom. The van der Waals surface area contributed by atoms with E-state index in [1.165, 1.54) is 0 Å². The van der Waals surface area contributed by atoms with Gasteiger partial charge in [0.15, 0.2) is 0 Å². The van der Waals surface area contributed by atoms with Crippen molar-refractivity contribution in [3.8, 4) is 0 Å². The predicted octanol–water partition coefficient (Wildman–Crippen LogP) is 1.13. The van der Waals surface area contributed by atoms with Gasteiger partial charge in [-0.2, -0.15) is 0 Å². The maximum absolute atomic E-state index is 11.2. The summed E-state index contributed by atoms with van der Waals surface area (Å²) in [6.45, 7) is 8.36. The second-order valence-corrected chi connectivity index (χ2v) is 3.99. The lowest BCUT2D eigenvalue weighted by Gasteiger charge is -2.29. The third-order valence-electron chi connectivity index (χ3n) is 1.72.